The molecule has 8 atom stereocenters. The van der Waals surface area contributed by atoms with Gasteiger partial charge in [-0.05, 0) is 92.3 Å². The molecule has 0 saturated heterocycles. The molecule has 168 valence electrons. The topological polar surface area (TPSA) is 86.7 Å². The highest BCUT2D eigenvalue weighted by Gasteiger charge is 2.61. The van der Waals surface area contributed by atoms with E-state index in [9.17, 15) is 16.8 Å². The molecule has 0 spiro atoms. The summed E-state index contributed by atoms with van der Waals surface area (Å²) in [5, 5.41) is 0. The summed E-state index contributed by atoms with van der Waals surface area (Å²) in [5.74, 6) is 2.29. The summed E-state index contributed by atoms with van der Waals surface area (Å²) >= 11 is 0. The maximum Gasteiger partial charge on any atom is 0.264 e. The third kappa shape index (κ3) is 4.03. The summed E-state index contributed by atoms with van der Waals surface area (Å²) < 4.78 is 57.6. The number of hydrogen-bond acceptors (Lipinski definition) is 6. The van der Waals surface area contributed by atoms with E-state index in [0.717, 1.165) is 64.0 Å². The maximum atomic E-state index is 11.8. The van der Waals surface area contributed by atoms with Crippen LogP contribution in [-0.4, -0.2) is 41.6 Å². The normalized spacial score (nSPS) is 47.9. The average molecular weight is 449 g/mol. The fourth-order valence-electron chi connectivity index (χ4n) is 7.87. The smallest absolute Gasteiger partial charge is 0.264 e. The van der Waals surface area contributed by atoms with E-state index in [0.29, 0.717) is 23.7 Å². The third-order valence-corrected chi connectivity index (χ3v) is 10.3. The summed E-state index contributed by atoms with van der Waals surface area (Å²) in [6.45, 7) is 4.68. The summed E-state index contributed by atoms with van der Waals surface area (Å²) in [6, 6.07) is 0. The van der Waals surface area contributed by atoms with Crippen LogP contribution in [0.15, 0.2) is 0 Å². The van der Waals surface area contributed by atoms with Gasteiger partial charge in [0.25, 0.3) is 20.2 Å². The summed E-state index contributed by atoms with van der Waals surface area (Å²) in [4.78, 5) is 0. The van der Waals surface area contributed by atoms with Crippen molar-refractivity contribution in [2.24, 2.45) is 34.5 Å². The number of fused-ring (bicyclic) bond motifs is 5. The molecule has 0 aromatic rings. The van der Waals surface area contributed by atoms with E-state index in [1.54, 1.807) is 0 Å². The molecule has 0 aromatic carbocycles. The second kappa shape index (κ2) is 7.17. The molecule has 0 aliphatic heterocycles. The lowest BCUT2D eigenvalue weighted by molar-refractivity contribution is -0.128. The van der Waals surface area contributed by atoms with Crippen molar-refractivity contribution >= 4 is 20.2 Å². The first kappa shape index (κ1) is 22.0. The number of hydrogen-bond donors (Lipinski definition) is 0. The molecule has 4 aliphatic rings. The van der Waals surface area contributed by atoms with Gasteiger partial charge in [-0.25, -0.2) is 0 Å². The monoisotopic (exact) mass is 448 g/mol. The Labute approximate surface area is 176 Å². The van der Waals surface area contributed by atoms with Crippen molar-refractivity contribution < 1.29 is 25.2 Å². The third-order valence-electron chi connectivity index (χ3n) is 9.13. The van der Waals surface area contributed by atoms with Crippen molar-refractivity contribution in [2.75, 3.05) is 12.5 Å². The molecule has 0 unspecified atom stereocenters. The minimum absolute atomic E-state index is 0.0515. The van der Waals surface area contributed by atoms with Crippen molar-refractivity contribution in [3.63, 3.8) is 0 Å². The van der Waals surface area contributed by atoms with Gasteiger partial charge in [0.05, 0.1) is 24.7 Å². The first-order valence-corrected chi connectivity index (χ1v) is 14.7. The molecule has 0 radical (unpaired) electrons. The van der Waals surface area contributed by atoms with Crippen LogP contribution in [0.2, 0.25) is 0 Å². The van der Waals surface area contributed by atoms with E-state index in [-0.39, 0.29) is 23.0 Å². The Morgan fingerprint density at radius 1 is 0.724 bits per heavy atom. The zero-order valence-corrected chi connectivity index (χ0v) is 19.7. The molecule has 0 aromatic heterocycles. The van der Waals surface area contributed by atoms with Crippen LogP contribution in [0.25, 0.3) is 0 Å². The largest absolute Gasteiger partial charge is 0.267 e. The highest BCUT2D eigenvalue weighted by Crippen LogP contribution is 2.66. The van der Waals surface area contributed by atoms with Crippen molar-refractivity contribution in [2.45, 2.75) is 83.8 Å². The van der Waals surface area contributed by atoms with Crippen LogP contribution in [0.4, 0.5) is 0 Å². The molecule has 4 saturated carbocycles. The van der Waals surface area contributed by atoms with Crippen LogP contribution in [0.5, 0.6) is 0 Å². The van der Waals surface area contributed by atoms with Gasteiger partial charge >= 0.3 is 0 Å². The van der Waals surface area contributed by atoms with Crippen LogP contribution in [0, 0.1) is 34.5 Å². The Morgan fingerprint density at radius 3 is 2.00 bits per heavy atom. The van der Waals surface area contributed by atoms with Gasteiger partial charge in [0.15, 0.2) is 0 Å². The predicted octanol–water partition coefficient (Wildman–Crippen LogP) is 3.72. The van der Waals surface area contributed by atoms with Gasteiger partial charge in [0.1, 0.15) is 0 Å². The van der Waals surface area contributed by atoms with Gasteiger partial charge in [-0.15, -0.1) is 0 Å². The fraction of sp³-hybridized carbons (Fsp3) is 1.00. The van der Waals surface area contributed by atoms with Crippen LogP contribution >= 0.6 is 0 Å². The highest BCUT2D eigenvalue weighted by molar-refractivity contribution is 7.86. The van der Waals surface area contributed by atoms with Gasteiger partial charge in [0.2, 0.25) is 0 Å². The van der Waals surface area contributed by atoms with Crippen LogP contribution in [-0.2, 0) is 28.6 Å². The fourth-order valence-corrected chi connectivity index (χ4v) is 9.28. The molecule has 0 N–H and O–H groups in total. The molecule has 4 fully saturated rings. The average Bonchev–Trinajstić information content (AvgIpc) is 2.89. The van der Waals surface area contributed by atoms with E-state index in [2.05, 4.69) is 13.8 Å². The van der Waals surface area contributed by atoms with Gasteiger partial charge in [-0.3, -0.25) is 8.37 Å². The Balaban J connectivity index is 1.51. The summed E-state index contributed by atoms with van der Waals surface area (Å²) in [7, 11) is -6.85. The molecule has 0 heterocycles. The van der Waals surface area contributed by atoms with Gasteiger partial charge in [-0.2, -0.15) is 16.8 Å². The Kier molecular flexibility index (Phi) is 5.45. The lowest BCUT2D eigenvalue weighted by atomic mass is 9.45. The van der Waals surface area contributed by atoms with Crippen LogP contribution in [0.3, 0.4) is 0 Å². The molecular formula is C21H36O6S2. The minimum Gasteiger partial charge on any atom is -0.267 e. The molecule has 4 aliphatic carbocycles. The van der Waals surface area contributed by atoms with E-state index in [1.807, 2.05) is 0 Å². The van der Waals surface area contributed by atoms with E-state index < -0.39 is 20.2 Å². The molecule has 6 nitrogen and oxygen atoms in total. The molecule has 8 heteroatoms. The predicted molar refractivity (Wildman–Crippen MR) is 111 cm³/mol. The Hall–Kier alpha value is -0.180. The van der Waals surface area contributed by atoms with E-state index in [1.165, 1.54) is 6.26 Å². The quantitative estimate of drug-likeness (QED) is 0.609. The van der Waals surface area contributed by atoms with Gasteiger partial charge in [-0.1, -0.05) is 13.8 Å². The molecular weight excluding hydrogens is 412 g/mol. The summed E-state index contributed by atoms with van der Waals surface area (Å²) in [5.41, 5.74) is 0.182. The van der Waals surface area contributed by atoms with Gasteiger partial charge < -0.3 is 0 Å². The van der Waals surface area contributed by atoms with E-state index in [4.69, 9.17) is 8.37 Å². The molecule has 29 heavy (non-hydrogen) atoms. The first-order valence-electron chi connectivity index (χ1n) is 11.1. The minimum atomic E-state index is -3.44. The Bertz CT molecular complexity index is 852. The van der Waals surface area contributed by atoms with Gasteiger partial charge in [0, 0.05) is 0 Å². The molecule has 0 amide bonds. The van der Waals surface area contributed by atoms with Crippen LogP contribution < -0.4 is 0 Å². The second-order valence-electron chi connectivity index (χ2n) is 10.8. The maximum absolute atomic E-state index is 11.8. The zero-order chi connectivity index (χ0) is 21.2. The van der Waals surface area contributed by atoms with Crippen molar-refractivity contribution in [1.29, 1.82) is 0 Å². The van der Waals surface area contributed by atoms with Crippen molar-refractivity contribution in [3.05, 3.63) is 0 Å². The lowest BCUT2D eigenvalue weighted by Crippen LogP contribution is -2.54. The second-order valence-corrected chi connectivity index (χ2v) is 14.0. The Morgan fingerprint density at radius 2 is 1.34 bits per heavy atom. The number of rotatable bonds is 4. The molecule has 4 rings (SSSR count). The first-order chi connectivity index (χ1) is 13.3. The standard InChI is InChI=1S/C21H36O6S2/c1-20-11-9-15(26-28(3,22)23)13-14(20)5-6-16-17-7-8-19(27-29(4,24)25)21(17,2)12-10-18(16)20/h14-19H,5-13H2,1-4H3/t14-,15-,16-,17-,18-,19-,20-,21-/m0/s1. The SMILES string of the molecule is C[C@]12CC[C@H](OS(C)(=O)=O)C[C@@H]1CC[C@@H]1[C@@H]2CC[C@]2(C)[C@@H](OS(C)(=O)=O)CC[C@@H]12. The van der Waals surface area contributed by atoms with E-state index >= 15 is 0 Å². The lowest BCUT2D eigenvalue weighted by Gasteiger charge is -2.60. The van der Waals surface area contributed by atoms with Crippen LogP contribution in [0.1, 0.15) is 71.6 Å². The zero-order valence-electron chi connectivity index (χ0n) is 18.1. The summed E-state index contributed by atoms with van der Waals surface area (Å²) in [6.07, 6.45) is 10.9. The highest BCUT2D eigenvalue weighted by atomic mass is 32.2. The van der Waals surface area contributed by atoms with Crippen molar-refractivity contribution in [3.8, 4) is 0 Å². The molecule has 0 bridgehead atoms. The van der Waals surface area contributed by atoms with Crippen molar-refractivity contribution in [1.82, 2.24) is 0 Å².